The van der Waals surface area contributed by atoms with Crippen LogP contribution in [0.1, 0.15) is 25.2 Å². The summed E-state index contributed by atoms with van der Waals surface area (Å²) in [4.78, 5) is 43.4. The smallest absolute Gasteiger partial charge is 0.333 e. The Balaban J connectivity index is 1.57. The van der Waals surface area contributed by atoms with Gasteiger partial charge in [-0.25, -0.2) is 14.9 Å². The highest BCUT2D eigenvalue weighted by molar-refractivity contribution is 5.80. The Hall–Kier alpha value is -4.87. The number of methoxy groups -OCH3 is 1. The molecular weight excluding hydrogens is 500 g/mol. The van der Waals surface area contributed by atoms with Crippen molar-refractivity contribution >= 4 is 17.1 Å². The number of nitrogens with one attached hydrogen (secondary N) is 1. The Kier molecular flexibility index (Phi) is 6.92. The van der Waals surface area contributed by atoms with E-state index in [1.807, 2.05) is 62.4 Å². The Morgan fingerprint density at radius 1 is 1.00 bits per heavy atom. The van der Waals surface area contributed by atoms with Crippen LogP contribution in [0, 0.1) is 12.8 Å². The van der Waals surface area contributed by atoms with E-state index < -0.39 is 17.2 Å². The second kappa shape index (κ2) is 10.5. The molecule has 5 rings (SSSR count). The molecule has 12 nitrogen and oxygen atoms in total. The van der Waals surface area contributed by atoms with Crippen LogP contribution < -0.4 is 11.2 Å². The fraction of sp³-hybridized carbons (Fsp3) is 0.296. The molecule has 0 fully saturated rings. The molecule has 1 N–H and O–H groups in total. The van der Waals surface area contributed by atoms with Gasteiger partial charge in [0.1, 0.15) is 12.4 Å². The van der Waals surface area contributed by atoms with Crippen molar-refractivity contribution in [1.29, 1.82) is 0 Å². The third-order valence-electron chi connectivity index (χ3n) is 6.50. The molecule has 0 amide bonds. The summed E-state index contributed by atoms with van der Waals surface area (Å²) in [6, 6.07) is 15.8. The van der Waals surface area contributed by atoms with Crippen LogP contribution in [-0.4, -0.2) is 52.4 Å². The number of carbonyl (C=O) groups is 1. The number of H-pyrrole nitrogens is 1. The number of aromatic amines is 1. The second-order valence-corrected chi connectivity index (χ2v) is 9.66. The quantitative estimate of drug-likeness (QED) is 0.303. The number of tetrazole rings is 1. The van der Waals surface area contributed by atoms with Crippen LogP contribution in [0.25, 0.3) is 33.7 Å². The van der Waals surface area contributed by atoms with Crippen molar-refractivity contribution < 1.29 is 9.53 Å². The molecule has 200 valence electrons. The number of nitrogens with zero attached hydrogens (tertiary/aromatic N) is 7. The lowest BCUT2D eigenvalue weighted by molar-refractivity contribution is -0.141. The first-order valence-corrected chi connectivity index (χ1v) is 12.5. The zero-order chi connectivity index (χ0) is 27.7. The predicted octanol–water partition coefficient (Wildman–Crippen LogP) is 2.39. The average Bonchev–Trinajstić information content (AvgIpc) is 3.58. The van der Waals surface area contributed by atoms with Gasteiger partial charge in [-0.2, -0.15) is 0 Å². The second-order valence-electron chi connectivity index (χ2n) is 9.66. The monoisotopic (exact) mass is 528 g/mol. The van der Waals surface area contributed by atoms with E-state index in [2.05, 4.69) is 25.6 Å². The lowest BCUT2D eigenvalue weighted by Crippen LogP contribution is -2.42. The van der Waals surface area contributed by atoms with Crippen molar-refractivity contribution in [3.63, 3.8) is 0 Å². The molecule has 0 radical (unpaired) electrons. The van der Waals surface area contributed by atoms with Crippen LogP contribution in [0.3, 0.4) is 0 Å². The van der Waals surface area contributed by atoms with Crippen LogP contribution in [0.5, 0.6) is 0 Å². The molecule has 0 spiro atoms. The normalized spacial score (nSPS) is 11.4. The van der Waals surface area contributed by atoms with Gasteiger partial charge in [0.15, 0.2) is 17.0 Å². The molecule has 0 atom stereocenters. The summed E-state index contributed by atoms with van der Waals surface area (Å²) >= 11 is 0. The number of rotatable bonds is 8. The number of esters is 1. The number of aromatic nitrogens is 8. The van der Waals surface area contributed by atoms with Gasteiger partial charge >= 0.3 is 11.7 Å². The molecule has 12 heteroatoms. The fourth-order valence-electron chi connectivity index (χ4n) is 4.64. The number of hydrogen-bond donors (Lipinski definition) is 1. The van der Waals surface area contributed by atoms with Gasteiger partial charge < -0.3 is 9.30 Å². The standard InChI is InChI=1S/C27H28N8O4/c1-16(2)13-35-26(37)23-25(34(27(35)38)15-22(36)39-4)28-17(3)33(23)14-18-9-11-19(12-10-18)20-7-5-6-8-21(20)24-29-31-32-30-24/h5-12,16H,13-15H2,1-4H3,(H,29,30,31,32). The molecule has 0 unspecified atom stereocenters. The number of hydrogen-bond acceptors (Lipinski definition) is 8. The van der Waals surface area contributed by atoms with E-state index in [0.717, 1.165) is 22.3 Å². The number of benzene rings is 2. The van der Waals surface area contributed by atoms with E-state index in [1.165, 1.54) is 16.2 Å². The SMILES string of the molecule is COC(=O)Cn1c(=O)n(CC(C)C)c(=O)c2c1nc(C)n2Cc1ccc(-c2ccccc2-c2nnn[nH]2)cc1. The van der Waals surface area contributed by atoms with E-state index >= 15 is 0 Å². The van der Waals surface area contributed by atoms with Crippen LogP contribution >= 0.6 is 0 Å². The van der Waals surface area contributed by atoms with E-state index in [4.69, 9.17) is 4.74 Å². The van der Waals surface area contributed by atoms with Crippen LogP contribution in [-0.2, 0) is 29.2 Å². The largest absolute Gasteiger partial charge is 0.468 e. The van der Waals surface area contributed by atoms with Gasteiger partial charge in [-0.05, 0) is 40.0 Å². The third kappa shape index (κ3) is 4.88. The van der Waals surface area contributed by atoms with Gasteiger partial charge in [0.05, 0.1) is 7.11 Å². The molecule has 0 aliphatic carbocycles. The van der Waals surface area contributed by atoms with Gasteiger partial charge in [-0.3, -0.25) is 18.7 Å². The van der Waals surface area contributed by atoms with Crippen LogP contribution in [0.2, 0.25) is 0 Å². The summed E-state index contributed by atoms with van der Waals surface area (Å²) in [5.74, 6) is 0.568. The first kappa shape index (κ1) is 25.8. The number of ether oxygens (including phenoxy) is 1. The van der Waals surface area contributed by atoms with Crippen molar-refractivity contribution in [2.24, 2.45) is 5.92 Å². The summed E-state index contributed by atoms with van der Waals surface area (Å²) in [5, 5.41) is 14.2. The van der Waals surface area contributed by atoms with Gasteiger partial charge in [0.25, 0.3) is 5.56 Å². The van der Waals surface area contributed by atoms with Gasteiger partial charge in [0.2, 0.25) is 0 Å². The lowest BCUT2D eigenvalue weighted by Gasteiger charge is -2.14. The summed E-state index contributed by atoms with van der Waals surface area (Å²) in [6.45, 7) is 5.84. The Labute approximate surface area is 222 Å². The molecule has 39 heavy (non-hydrogen) atoms. The number of aryl methyl sites for hydroxylation is 1. The topological polar surface area (TPSA) is 143 Å². The number of imidazole rings is 1. The predicted molar refractivity (Wildman–Crippen MR) is 144 cm³/mol. The van der Waals surface area contributed by atoms with E-state index in [0.29, 0.717) is 18.2 Å². The van der Waals surface area contributed by atoms with Gasteiger partial charge in [-0.1, -0.05) is 62.4 Å². The molecule has 0 aliphatic heterocycles. The first-order valence-electron chi connectivity index (χ1n) is 12.5. The van der Waals surface area contributed by atoms with Crippen LogP contribution in [0.4, 0.5) is 0 Å². The highest BCUT2D eigenvalue weighted by Crippen LogP contribution is 2.30. The van der Waals surface area contributed by atoms with Crippen molar-refractivity contribution in [3.8, 4) is 22.5 Å². The molecule has 0 aliphatic rings. The summed E-state index contributed by atoms with van der Waals surface area (Å²) < 4.78 is 8.96. The molecule has 0 bridgehead atoms. The van der Waals surface area contributed by atoms with Crippen molar-refractivity contribution in [2.45, 2.75) is 40.4 Å². The molecule has 0 saturated heterocycles. The molecule has 2 aromatic carbocycles. The molecular formula is C27H28N8O4. The minimum absolute atomic E-state index is 0.0417. The maximum Gasteiger partial charge on any atom is 0.333 e. The minimum atomic E-state index is -0.600. The average molecular weight is 529 g/mol. The Morgan fingerprint density at radius 3 is 2.36 bits per heavy atom. The van der Waals surface area contributed by atoms with E-state index in [1.54, 1.807) is 11.5 Å². The maximum atomic E-state index is 13.6. The Bertz CT molecular complexity index is 1760. The zero-order valence-electron chi connectivity index (χ0n) is 22.1. The maximum absolute atomic E-state index is 13.6. The third-order valence-corrected chi connectivity index (χ3v) is 6.50. The highest BCUT2D eigenvalue weighted by atomic mass is 16.5. The van der Waals surface area contributed by atoms with E-state index in [-0.39, 0.29) is 30.2 Å². The number of carbonyl (C=O) groups excluding carboxylic acids is 1. The fourth-order valence-corrected chi connectivity index (χ4v) is 4.64. The molecule has 3 heterocycles. The Morgan fingerprint density at radius 2 is 1.72 bits per heavy atom. The molecule has 5 aromatic rings. The summed E-state index contributed by atoms with van der Waals surface area (Å²) in [6.07, 6.45) is 0. The minimum Gasteiger partial charge on any atom is -0.468 e. The van der Waals surface area contributed by atoms with Gasteiger partial charge in [0, 0.05) is 18.7 Å². The highest BCUT2D eigenvalue weighted by Gasteiger charge is 2.22. The van der Waals surface area contributed by atoms with Crippen molar-refractivity contribution in [2.75, 3.05) is 7.11 Å². The van der Waals surface area contributed by atoms with Crippen molar-refractivity contribution in [1.82, 2.24) is 39.3 Å². The van der Waals surface area contributed by atoms with E-state index in [9.17, 15) is 14.4 Å². The molecule has 0 saturated carbocycles. The summed E-state index contributed by atoms with van der Waals surface area (Å²) in [7, 11) is 1.25. The van der Waals surface area contributed by atoms with Crippen molar-refractivity contribution in [3.05, 3.63) is 80.8 Å². The summed E-state index contributed by atoms with van der Waals surface area (Å²) in [5.41, 5.74) is 3.17. The number of fused-ring (bicyclic) bond motifs is 1. The zero-order valence-corrected chi connectivity index (χ0v) is 22.1. The molecule has 3 aromatic heterocycles. The lowest BCUT2D eigenvalue weighted by atomic mass is 9.98. The van der Waals surface area contributed by atoms with Crippen LogP contribution in [0.15, 0.2) is 58.1 Å². The first-order chi connectivity index (χ1) is 18.8. The van der Waals surface area contributed by atoms with Gasteiger partial charge in [-0.15, -0.1) is 5.10 Å².